The summed E-state index contributed by atoms with van der Waals surface area (Å²) in [4.78, 5) is 11.2. The highest BCUT2D eigenvalue weighted by atomic mass is 35.5. The summed E-state index contributed by atoms with van der Waals surface area (Å²) >= 11 is 12.2. The lowest BCUT2D eigenvalue weighted by Crippen LogP contribution is -1.98. The van der Waals surface area contributed by atoms with Gasteiger partial charge in [0.15, 0.2) is 6.29 Å². The average Bonchev–Trinajstić information content (AvgIpc) is 2.82. The first kappa shape index (κ1) is 14.1. The standard InChI is InChI=1S/C14H14Cl2N2O/c1-2-3-7-18-8-10(9-19)14(17-18)11-5-4-6-12(15)13(11)16/h4-6,8-9H,2-3,7H2,1H3. The third-order valence-corrected chi connectivity index (χ3v) is 3.68. The predicted molar refractivity (Wildman–Crippen MR) is 78.0 cm³/mol. The van der Waals surface area contributed by atoms with E-state index in [4.69, 9.17) is 23.2 Å². The number of rotatable bonds is 5. The maximum absolute atomic E-state index is 11.2. The van der Waals surface area contributed by atoms with Crippen molar-refractivity contribution in [3.63, 3.8) is 0 Å². The molecule has 19 heavy (non-hydrogen) atoms. The van der Waals surface area contributed by atoms with Crippen LogP contribution in [0.1, 0.15) is 30.1 Å². The highest BCUT2D eigenvalue weighted by molar-refractivity contribution is 6.43. The van der Waals surface area contributed by atoms with Crippen LogP contribution in [0.3, 0.4) is 0 Å². The molecule has 0 aliphatic rings. The number of hydrogen-bond donors (Lipinski definition) is 0. The fraction of sp³-hybridized carbons (Fsp3) is 0.286. The van der Waals surface area contributed by atoms with Gasteiger partial charge in [-0.25, -0.2) is 0 Å². The van der Waals surface area contributed by atoms with E-state index in [1.54, 1.807) is 23.0 Å². The summed E-state index contributed by atoms with van der Waals surface area (Å²) < 4.78 is 1.78. The number of carbonyl (C=O) groups is 1. The number of nitrogens with zero attached hydrogens (tertiary/aromatic N) is 2. The van der Waals surface area contributed by atoms with Crippen molar-refractivity contribution in [2.75, 3.05) is 0 Å². The number of benzene rings is 1. The quantitative estimate of drug-likeness (QED) is 0.763. The van der Waals surface area contributed by atoms with Gasteiger partial charge in [-0.1, -0.05) is 48.7 Å². The van der Waals surface area contributed by atoms with Crippen molar-refractivity contribution in [1.82, 2.24) is 9.78 Å². The van der Waals surface area contributed by atoms with Crippen LogP contribution in [0.5, 0.6) is 0 Å². The molecular weight excluding hydrogens is 283 g/mol. The van der Waals surface area contributed by atoms with Gasteiger partial charge in [-0.15, -0.1) is 0 Å². The zero-order valence-corrected chi connectivity index (χ0v) is 12.1. The van der Waals surface area contributed by atoms with Gasteiger partial charge in [-0.2, -0.15) is 5.10 Å². The van der Waals surface area contributed by atoms with Gasteiger partial charge < -0.3 is 0 Å². The average molecular weight is 297 g/mol. The Bertz CT molecular complexity index is 593. The summed E-state index contributed by atoms with van der Waals surface area (Å²) in [5.74, 6) is 0. The van der Waals surface area contributed by atoms with Crippen LogP contribution in [0.15, 0.2) is 24.4 Å². The molecule has 2 aromatic rings. The van der Waals surface area contributed by atoms with Crippen LogP contribution in [0.25, 0.3) is 11.3 Å². The fourth-order valence-electron chi connectivity index (χ4n) is 1.85. The number of aryl methyl sites for hydroxylation is 1. The van der Waals surface area contributed by atoms with E-state index in [9.17, 15) is 4.79 Å². The molecule has 2 rings (SSSR count). The molecule has 0 N–H and O–H groups in total. The van der Waals surface area contributed by atoms with Crippen LogP contribution < -0.4 is 0 Å². The molecule has 3 nitrogen and oxygen atoms in total. The molecule has 0 atom stereocenters. The maximum Gasteiger partial charge on any atom is 0.153 e. The van der Waals surface area contributed by atoms with Crippen LogP contribution in [-0.2, 0) is 6.54 Å². The molecule has 0 bridgehead atoms. The van der Waals surface area contributed by atoms with E-state index in [1.807, 2.05) is 6.07 Å². The molecular formula is C14H14Cl2N2O. The van der Waals surface area contributed by atoms with E-state index in [-0.39, 0.29) is 0 Å². The molecule has 1 heterocycles. The van der Waals surface area contributed by atoms with Crippen LogP contribution in [-0.4, -0.2) is 16.1 Å². The first-order valence-corrected chi connectivity index (χ1v) is 6.90. The van der Waals surface area contributed by atoms with E-state index in [0.29, 0.717) is 26.9 Å². The van der Waals surface area contributed by atoms with E-state index >= 15 is 0 Å². The van der Waals surface area contributed by atoms with Crippen molar-refractivity contribution in [2.45, 2.75) is 26.3 Å². The molecule has 5 heteroatoms. The van der Waals surface area contributed by atoms with Crippen molar-refractivity contribution in [2.24, 2.45) is 0 Å². The largest absolute Gasteiger partial charge is 0.298 e. The molecule has 0 amide bonds. The minimum absolute atomic E-state index is 0.424. The zero-order valence-electron chi connectivity index (χ0n) is 10.6. The second kappa shape index (κ2) is 6.22. The third-order valence-electron chi connectivity index (χ3n) is 2.86. The third kappa shape index (κ3) is 2.99. The lowest BCUT2D eigenvalue weighted by atomic mass is 10.1. The van der Waals surface area contributed by atoms with E-state index in [0.717, 1.165) is 25.7 Å². The summed E-state index contributed by atoms with van der Waals surface area (Å²) in [6.45, 7) is 2.90. The topological polar surface area (TPSA) is 34.9 Å². The molecule has 100 valence electrons. The smallest absolute Gasteiger partial charge is 0.153 e. The molecule has 0 aliphatic heterocycles. The number of carbonyl (C=O) groups excluding carboxylic acids is 1. The Morgan fingerprint density at radius 2 is 2.16 bits per heavy atom. The Morgan fingerprint density at radius 3 is 2.84 bits per heavy atom. The van der Waals surface area contributed by atoms with Crippen LogP contribution in [0.2, 0.25) is 10.0 Å². The highest BCUT2D eigenvalue weighted by Gasteiger charge is 2.15. The summed E-state index contributed by atoms with van der Waals surface area (Å²) in [7, 11) is 0. The Labute approximate surface area is 122 Å². The Kier molecular flexibility index (Phi) is 4.61. The normalized spacial score (nSPS) is 10.7. The predicted octanol–water partition coefficient (Wildman–Crippen LogP) is 4.47. The Balaban J connectivity index is 2.45. The summed E-state index contributed by atoms with van der Waals surface area (Å²) in [6.07, 6.45) is 4.63. The minimum Gasteiger partial charge on any atom is -0.298 e. The first-order valence-electron chi connectivity index (χ1n) is 6.14. The minimum atomic E-state index is 0.424. The zero-order chi connectivity index (χ0) is 13.8. The van der Waals surface area contributed by atoms with Crippen molar-refractivity contribution in [3.8, 4) is 11.3 Å². The summed E-state index contributed by atoms with van der Waals surface area (Å²) in [6, 6.07) is 5.32. The van der Waals surface area contributed by atoms with Crippen LogP contribution in [0.4, 0.5) is 0 Å². The highest BCUT2D eigenvalue weighted by Crippen LogP contribution is 2.33. The van der Waals surface area contributed by atoms with Crippen LogP contribution in [0, 0.1) is 0 Å². The molecule has 0 fully saturated rings. The number of aromatic nitrogens is 2. The van der Waals surface area contributed by atoms with E-state index in [2.05, 4.69) is 12.0 Å². The van der Waals surface area contributed by atoms with E-state index < -0.39 is 0 Å². The lowest BCUT2D eigenvalue weighted by molar-refractivity contribution is 0.112. The molecule has 0 spiro atoms. The van der Waals surface area contributed by atoms with Gasteiger partial charge in [-0.05, 0) is 12.5 Å². The van der Waals surface area contributed by atoms with Crippen molar-refractivity contribution in [3.05, 3.63) is 40.0 Å². The monoisotopic (exact) mass is 296 g/mol. The molecule has 1 aromatic carbocycles. The van der Waals surface area contributed by atoms with Crippen molar-refractivity contribution < 1.29 is 4.79 Å². The van der Waals surface area contributed by atoms with Crippen molar-refractivity contribution >= 4 is 29.5 Å². The molecule has 0 saturated heterocycles. The summed E-state index contributed by atoms with van der Waals surface area (Å²) in [5.41, 5.74) is 1.80. The van der Waals surface area contributed by atoms with Gasteiger partial charge in [0.05, 0.1) is 15.6 Å². The van der Waals surface area contributed by atoms with Crippen molar-refractivity contribution in [1.29, 1.82) is 0 Å². The van der Waals surface area contributed by atoms with Gasteiger partial charge in [0.1, 0.15) is 5.69 Å². The first-order chi connectivity index (χ1) is 9.17. The molecule has 0 radical (unpaired) electrons. The number of halogens is 2. The Hall–Kier alpha value is -1.32. The van der Waals surface area contributed by atoms with Gasteiger partial charge in [0, 0.05) is 18.3 Å². The van der Waals surface area contributed by atoms with Gasteiger partial charge in [0.2, 0.25) is 0 Å². The summed E-state index contributed by atoms with van der Waals surface area (Å²) in [5, 5.41) is 5.31. The Morgan fingerprint density at radius 1 is 1.37 bits per heavy atom. The SMILES string of the molecule is CCCCn1cc(C=O)c(-c2cccc(Cl)c2Cl)n1. The number of hydrogen-bond acceptors (Lipinski definition) is 2. The van der Waals surface area contributed by atoms with E-state index in [1.165, 1.54) is 0 Å². The molecule has 0 saturated carbocycles. The van der Waals surface area contributed by atoms with Gasteiger partial charge in [-0.3, -0.25) is 9.48 Å². The number of unbranched alkanes of at least 4 members (excludes halogenated alkanes) is 1. The van der Waals surface area contributed by atoms with Crippen LogP contribution >= 0.6 is 23.2 Å². The lowest BCUT2D eigenvalue weighted by Gasteiger charge is -2.03. The second-order valence-electron chi connectivity index (χ2n) is 4.27. The van der Waals surface area contributed by atoms with Gasteiger partial charge >= 0.3 is 0 Å². The number of aldehydes is 1. The molecule has 0 unspecified atom stereocenters. The van der Waals surface area contributed by atoms with Gasteiger partial charge in [0.25, 0.3) is 0 Å². The molecule has 1 aromatic heterocycles. The second-order valence-corrected chi connectivity index (χ2v) is 5.05. The maximum atomic E-state index is 11.2. The molecule has 0 aliphatic carbocycles. The fourth-order valence-corrected chi connectivity index (χ4v) is 2.24.